The minimum Gasteiger partial charge on any atom is -0.450 e. The van der Waals surface area contributed by atoms with Crippen LogP contribution in [0.2, 0.25) is 5.02 Å². The molecule has 1 aliphatic rings. The van der Waals surface area contributed by atoms with Crippen molar-refractivity contribution in [2.75, 3.05) is 18.4 Å². The second kappa shape index (κ2) is 9.46. The van der Waals surface area contributed by atoms with E-state index in [4.69, 9.17) is 21.4 Å². The van der Waals surface area contributed by atoms with Gasteiger partial charge in [-0.3, -0.25) is 4.90 Å². The number of benzene rings is 2. The van der Waals surface area contributed by atoms with E-state index in [1.54, 1.807) is 12.1 Å². The predicted octanol–water partition coefficient (Wildman–Crippen LogP) is 5.62. The number of halogens is 2. The van der Waals surface area contributed by atoms with Crippen molar-refractivity contribution in [2.24, 2.45) is 0 Å². The molecule has 1 saturated heterocycles. The molecule has 2 aromatic carbocycles. The summed E-state index contributed by atoms with van der Waals surface area (Å²) in [6.07, 6.45) is -0.197. The maximum absolute atomic E-state index is 15.2. The Balaban J connectivity index is 1.71. The monoisotopic (exact) mass is 420 g/mol. The molecule has 0 unspecified atom stereocenters. The van der Waals surface area contributed by atoms with Crippen molar-refractivity contribution in [1.82, 2.24) is 4.90 Å². The highest BCUT2D eigenvalue weighted by atomic mass is 35.5. The van der Waals surface area contributed by atoms with Crippen LogP contribution in [0, 0.1) is 12.7 Å². The van der Waals surface area contributed by atoms with Gasteiger partial charge >= 0.3 is 6.16 Å². The molecule has 156 valence electrons. The third-order valence-electron chi connectivity index (χ3n) is 5.29. The van der Waals surface area contributed by atoms with Crippen LogP contribution in [-0.4, -0.2) is 35.4 Å². The Morgan fingerprint density at radius 3 is 2.90 bits per heavy atom. The number of nitrogens with zero attached hydrogens (tertiary/aromatic N) is 1. The van der Waals surface area contributed by atoms with Gasteiger partial charge in [0, 0.05) is 30.2 Å². The Hall–Kier alpha value is -2.31. The Labute approximate surface area is 175 Å². The Morgan fingerprint density at radius 1 is 1.41 bits per heavy atom. The molecule has 7 heteroatoms. The van der Waals surface area contributed by atoms with E-state index >= 15 is 4.39 Å². The molecule has 2 N–H and O–H groups in total. The molecule has 5 nitrogen and oxygen atoms in total. The van der Waals surface area contributed by atoms with Gasteiger partial charge in [-0.1, -0.05) is 42.8 Å². The second-order valence-electron chi connectivity index (χ2n) is 7.42. The van der Waals surface area contributed by atoms with E-state index in [1.807, 2.05) is 36.1 Å². The second-order valence-corrected chi connectivity index (χ2v) is 7.83. The Bertz CT molecular complexity index is 877. The van der Waals surface area contributed by atoms with E-state index in [1.165, 1.54) is 0 Å². The van der Waals surface area contributed by atoms with Crippen LogP contribution in [0.3, 0.4) is 0 Å². The third kappa shape index (κ3) is 5.40. The summed E-state index contributed by atoms with van der Waals surface area (Å²) in [4.78, 5) is 12.7. The lowest BCUT2D eigenvalue weighted by atomic mass is 10.0. The van der Waals surface area contributed by atoms with Crippen molar-refractivity contribution in [3.63, 3.8) is 0 Å². The van der Waals surface area contributed by atoms with Gasteiger partial charge in [0.25, 0.3) is 0 Å². The average molecular weight is 421 g/mol. The number of hydrogen-bond donors (Lipinski definition) is 2. The van der Waals surface area contributed by atoms with Gasteiger partial charge in [0.15, 0.2) is 5.82 Å². The molecule has 0 amide bonds. The first-order valence-electron chi connectivity index (χ1n) is 9.79. The summed E-state index contributed by atoms with van der Waals surface area (Å²) in [6, 6.07) is 11.2. The summed E-state index contributed by atoms with van der Waals surface area (Å²) in [7, 11) is 0. The molecule has 0 aromatic heterocycles. The van der Waals surface area contributed by atoms with Gasteiger partial charge in [-0.25, -0.2) is 9.18 Å². The Kier molecular flexibility index (Phi) is 6.98. The highest BCUT2D eigenvalue weighted by Crippen LogP contribution is 2.29. The minimum absolute atomic E-state index is 0.0316. The number of ether oxygens (including phenoxy) is 1. The summed E-state index contributed by atoms with van der Waals surface area (Å²) in [5.41, 5.74) is 3.09. The van der Waals surface area contributed by atoms with Crippen LogP contribution in [0.15, 0.2) is 36.4 Å². The highest BCUT2D eigenvalue weighted by molar-refractivity contribution is 6.31. The normalized spacial score (nSPS) is 17.9. The molecule has 29 heavy (non-hydrogen) atoms. The lowest BCUT2D eigenvalue weighted by molar-refractivity contribution is 0.0548. The van der Waals surface area contributed by atoms with Gasteiger partial charge in [0.05, 0.1) is 11.7 Å². The number of rotatable bonds is 7. The number of aryl methyl sites for hydroxylation is 1. The van der Waals surface area contributed by atoms with E-state index in [2.05, 4.69) is 12.2 Å². The fraction of sp³-hybridized carbons (Fsp3) is 0.409. The first-order chi connectivity index (χ1) is 13.9. The van der Waals surface area contributed by atoms with Crippen LogP contribution < -0.4 is 5.32 Å². The zero-order valence-electron chi connectivity index (χ0n) is 16.6. The van der Waals surface area contributed by atoms with E-state index in [0.717, 1.165) is 17.5 Å². The minimum atomic E-state index is -1.27. The summed E-state index contributed by atoms with van der Waals surface area (Å²) in [5.74, 6) is -0.278. The van der Waals surface area contributed by atoms with Crippen LogP contribution in [0.5, 0.6) is 0 Å². The molecule has 1 aliphatic heterocycles. The number of likely N-dealkylation sites (tertiary alicyclic amines) is 1. The van der Waals surface area contributed by atoms with Crippen LogP contribution in [-0.2, 0) is 11.3 Å². The predicted molar refractivity (Wildman–Crippen MR) is 112 cm³/mol. The zero-order valence-corrected chi connectivity index (χ0v) is 17.4. The molecular weight excluding hydrogens is 395 g/mol. The van der Waals surface area contributed by atoms with Crippen LogP contribution in [0.4, 0.5) is 14.9 Å². The fourth-order valence-electron chi connectivity index (χ4n) is 3.73. The molecular formula is C22H26ClFN2O3. The van der Waals surface area contributed by atoms with Crippen LogP contribution >= 0.6 is 11.6 Å². The third-order valence-corrected chi connectivity index (χ3v) is 5.72. The summed E-state index contributed by atoms with van der Waals surface area (Å²) in [5, 5.41) is 12.8. The molecule has 0 saturated carbocycles. The van der Waals surface area contributed by atoms with Gasteiger partial charge < -0.3 is 15.2 Å². The van der Waals surface area contributed by atoms with Gasteiger partial charge in [-0.15, -0.1) is 0 Å². The van der Waals surface area contributed by atoms with Crippen molar-refractivity contribution in [3.05, 3.63) is 63.9 Å². The van der Waals surface area contributed by atoms with Crippen LogP contribution in [0.25, 0.3) is 0 Å². The molecule has 3 rings (SSSR count). The lowest BCUT2D eigenvalue weighted by Gasteiger charge is -2.22. The zero-order chi connectivity index (χ0) is 21.0. The van der Waals surface area contributed by atoms with Gasteiger partial charge in [0.2, 0.25) is 0 Å². The first kappa shape index (κ1) is 21.4. The number of anilines is 1. The van der Waals surface area contributed by atoms with Gasteiger partial charge in [-0.2, -0.15) is 0 Å². The molecule has 1 heterocycles. The SMILES string of the molecule is CC[C@@H](Nc1cccc(CN2CC[C@@H](OC(=O)O)C2)c1F)c1ccc(Cl)c(C)c1. The van der Waals surface area contributed by atoms with Crippen molar-refractivity contribution in [2.45, 2.75) is 45.4 Å². The van der Waals surface area contributed by atoms with Crippen molar-refractivity contribution >= 4 is 23.4 Å². The van der Waals surface area contributed by atoms with Gasteiger partial charge in [0.1, 0.15) is 6.10 Å². The maximum atomic E-state index is 15.2. The molecule has 0 aliphatic carbocycles. The maximum Gasteiger partial charge on any atom is 0.506 e. The molecule has 2 atom stereocenters. The van der Waals surface area contributed by atoms with Crippen molar-refractivity contribution in [1.29, 1.82) is 0 Å². The number of carboxylic acid groups (broad SMARTS) is 1. The van der Waals surface area contributed by atoms with Crippen molar-refractivity contribution < 1.29 is 19.0 Å². The molecule has 0 bridgehead atoms. The molecule has 0 spiro atoms. The molecule has 2 aromatic rings. The topological polar surface area (TPSA) is 61.8 Å². The summed E-state index contributed by atoms with van der Waals surface area (Å²) in [6.45, 7) is 5.58. The quantitative estimate of drug-likeness (QED) is 0.569. The summed E-state index contributed by atoms with van der Waals surface area (Å²) < 4.78 is 20.0. The smallest absolute Gasteiger partial charge is 0.450 e. The first-order valence-corrected chi connectivity index (χ1v) is 10.2. The van der Waals surface area contributed by atoms with Crippen LogP contribution in [0.1, 0.15) is 42.5 Å². The van der Waals surface area contributed by atoms with E-state index in [-0.39, 0.29) is 18.0 Å². The lowest BCUT2D eigenvalue weighted by Crippen LogP contribution is -2.24. The fourth-order valence-corrected chi connectivity index (χ4v) is 3.84. The highest BCUT2D eigenvalue weighted by Gasteiger charge is 2.26. The Morgan fingerprint density at radius 2 is 2.21 bits per heavy atom. The molecule has 0 radical (unpaired) electrons. The average Bonchev–Trinajstić information content (AvgIpc) is 3.11. The largest absolute Gasteiger partial charge is 0.506 e. The molecule has 1 fully saturated rings. The number of hydrogen-bond acceptors (Lipinski definition) is 4. The van der Waals surface area contributed by atoms with E-state index in [0.29, 0.717) is 42.3 Å². The van der Waals surface area contributed by atoms with E-state index in [9.17, 15) is 4.79 Å². The standard InChI is InChI=1S/C22H26ClFN2O3/c1-3-19(15-7-8-18(23)14(2)11-15)25-20-6-4-5-16(21(20)24)12-26-10-9-17(13-26)29-22(27)28/h4-8,11,17,19,25H,3,9-10,12-13H2,1-2H3,(H,27,28)/t17-,19-/m1/s1. The van der Waals surface area contributed by atoms with Gasteiger partial charge in [-0.05, 0) is 43.0 Å². The summed E-state index contributed by atoms with van der Waals surface area (Å²) >= 11 is 6.13. The van der Waals surface area contributed by atoms with E-state index < -0.39 is 6.16 Å². The number of nitrogens with one attached hydrogen (secondary N) is 1. The van der Waals surface area contributed by atoms with Crippen molar-refractivity contribution in [3.8, 4) is 0 Å². The number of carbonyl (C=O) groups is 1.